The molecule has 0 amide bonds. The molecule has 0 aromatic carbocycles. The first-order valence-corrected chi connectivity index (χ1v) is 8.35. The summed E-state index contributed by atoms with van der Waals surface area (Å²) in [6, 6.07) is 0. The zero-order chi connectivity index (χ0) is 12.0. The van der Waals surface area contributed by atoms with Crippen LogP contribution < -0.4 is 0 Å². The summed E-state index contributed by atoms with van der Waals surface area (Å²) in [4.78, 5) is 0. The zero-order valence-corrected chi connectivity index (χ0v) is 13.0. The van der Waals surface area contributed by atoms with Crippen molar-refractivity contribution < 1.29 is 0 Å². The molecule has 0 spiro atoms. The Hall–Kier alpha value is -0.223. The second-order valence-corrected chi connectivity index (χ2v) is 8.87. The van der Waals surface area contributed by atoms with Crippen molar-refractivity contribution in [3.63, 3.8) is 0 Å². The van der Waals surface area contributed by atoms with E-state index in [4.69, 9.17) is 0 Å². The van der Waals surface area contributed by atoms with Crippen LogP contribution in [-0.4, -0.2) is 9.52 Å². The summed E-state index contributed by atoms with van der Waals surface area (Å²) in [7, 11) is -0.183. The Kier molecular flexibility index (Phi) is 2.99. The summed E-state index contributed by atoms with van der Waals surface area (Å²) in [6.45, 7) is 12.0. The van der Waals surface area contributed by atoms with Crippen molar-refractivity contribution in [2.75, 3.05) is 0 Å². The van der Waals surface area contributed by atoms with E-state index in [1.54, 1.807) is 0 Å². The van der Waals surface area contributed by atoms with Crippen molar-refractivity contribution >= 4 is 9.52 Å². The molecule has 3 fully saturated rings. The highest BCUT2D eigenvalue weighted by atomic mass is 28.2. The van der Waals surface area contributed by atoms with E-state index in [0.717, 1.165) is 17.4 Å². The lowest BCUT2D eigenvalue weighted by atomic mass is 9.40. The van der Waals surface area contributed by atoms with Crippen LogP contribution in [0, 0.1) is 34.1 Å². The van der Waals surface area contributed by atoms with Crippen LogP contribution in [-0.2, 0) is 0 Å². The van der Waals surface area contributed by atoms with Crippen molar-refractivity contribution in [2.45, 2.75) is 59.4 Å². The molecule has 2 bridgehead atoms. The molecular formula is C15H26Si. The molecule has 0 radical (unpaired) electrons. The molecule has 0 nitrogen and oxygen atoms in total. The average Bonchev–Trinajstić information content (AvgIpc) is 2.25. The average molecular weight is 234 g/mol. The third-order valence-corrected chi connectivity index (χ3v) is 8.11. The minimum atomic E-state index is -0.183. The van der Waals surface area contributed by atoms with Crippen LogP contribution in [0.1, 0.15) is 53.9 Å². The van der Waals surface area contributed by atoms with E-state index in [1.807, 2.05) is 6.92 Å². The first-order valence-electron chi connectivity index (χ1n) is 6.82. The van der Waals surface area contributed by atoms with Crippen LogP contribution in [0.25, 0.3) is 0 Å². The van der Waals surface area contributed by atoms with Gasteiger partial charge in [-0.05, 0) is 54.4 Å². The largest absolute Gasteiger partial charge is 0.140 e. The van der Waals surface area contributed by atoms with Gasteiger partial charge in [0.15, 0.2) is 0 Å². The monoisotopic (exact) mass is 234 g/mol. The van der Waals surface area contributed by atoms with Gasteiger partial charge in [-0.2, -0.15) is 0 Å². The van der Waals surface area contributed by atoms with E-state index >= 15 is 0 Å². The smallest absolute Gasteiger partial charge is 0.110 e. The van der Waals surface area contributed by atoms with E-state index in [0.29, 0.717) is 10.8 Å². The maximum absolute atomic E-state index is 3.42. The number of rotatable bonds is 2. The Morgan fingerprint density at radius 2 is 2.00 bits per heavy atom. The van der Waals surface area contributed by atoms with Gasteiger partial charge < -0.3 is 0 Å². The van der Waals surface area contributed by atoms with Crippen LogP contribution >= 0.6 is 0 Å². The van der Waals surface area contributed by atoms with Gasteiger partial charge in [-0.15, -0.1) is 11.5 Å². The summed E-state index contributed by atoms with van der Waals surface area (Å²) in [5.74, 6) is 5.11. The molecule has 0 N–H and O–H groups in total. The Morgan fingerprint density at radius 1 is 1.31 bits per heavy atom. The SMILES string of the molecule is CC#C[SiH2]C(C)C1(C)CCC2CC1C2(C)C. The molecular weight excluding hydrogens is 208 g/mol. The minimum Gasteiger partial charge on any atom is -0.140 e. The van der Waals surface area contributed by atoms with Gasteiger partial charge in [0.25, 0.3) is 0 Å². The first-order chi connectivity index (χ1) is 7.43. The summed E-state index contributed by atoms with van der Waals surface area (Å²) in [5, 5.41) is 0. The first kappa shape index (κ1) is 12.2. The van der Waals surface area contributed by atoms with Gasteiger partial charge in [-0.25, -0.2) is 0 Å². The van der Waals surface area contributed by atoms with Crippen molar-refractivity contribution in [1.29, 1.82) is 0 Å². The predicted octanol–water partition coefficient (Wildman–Crippen LogP) is 3.41. The van der Waals surface area contributed by atoms with Crippen LogP contribution in [0.5, 0.6) is 0 Å². The molecule has 0 aromatic rings. The van der Waals surface area contributed by atoms with E-state index in [2.05, 4.69) is 39.2 Å². The van der Waals surface area contributed by atoms with Crippen LogP contribution in [0.15, 0.2) is 0 Å². The molecule has 3 saturated carbocycles. The Labute approximate surface area is 103 Å². The van der Waals surface area contributed by atoms with Crippen LogP contribution in [0.2, 0.25) is 5.54 Å². The molecule has 90 valence electrons. The molecule has 4 unspecified atom stereocenters. The summed E-state index contributed by atoms with van der Waals surface area (Å²) < 4.78 is 0. The number of fused-ring (bicyclic) bond motifs is 2. The molecule has 3 aliphatic carbocycles. The molecule has 16 heavy (non-hydrogen) atoms. The third-order valence-electron chi connectivity index (χ3n) is 6.01. The quantitative estimate of drug-likeness (QED) is 0.507. The van der Waals surface area contributed by atoms with Crippen molar-refractivity contribution in [2.24, 2.45) is 22.7 Å². The second-order valence-electron chi connectivity index (χ2n) is 6.88. The lowest BCUT2D eigenvalue weighted by Gasteiger charge is -2.66. The number of hydrogen-bond acceptors (Lipinski definition) is 0. The van der Waals surface area contributed by atoms with Gasteiger partial charge in [0.2, 0.25) is 0 Å². The second kappa shape index (κ2) is 3.91. The van der Waals surface area contributed by atoms with Gasteiger partial charge in [-0.1, -0.05) is 27.7 Å². The van der Waals surface area contributed by atoms with E-state index in [9.17, 15) is 0 Å². The van der Waals surface area contributed by atoms with Gasteiger partial charge in [0, 0.05) is 0 Å². The molecule has 0 saturated heterocycles. The molecule has 3 rings (SSSR count). The van der Waals surface area contributed by atoms with E-state index in [-0.39, 0.29) is 9.52 Å². The normalized spacial score (nSPS) is 42.3. The van der Waals surface area contributed by atoms with Crippen LogP contribution in [0.4, 0.5) is 0 Å². The molecule has 4 atom stereocenters. The lowest BCUT2D eigenvalue weighted by molar-refractivity contribution is -0.150. The maximum atomic E-state index is 3.42. The Bertz CT molecular complexity index is 331. The van der Waals surface area contributed by atoms with Gasteiger partial charge in [0.05, 0.1) is 0 Å². The van der Waals surface area contributed by atoms with Crippen molar-refractivity contribution in [3.8, 4) is 11.5 Å². The molecule has 0 heterocycles. The van der Waals surface area contributed by atoms with Gasteiger partial charge >= 0.3 is 0 Å². The van der Waals surface area contributed by atoms with Gasteiger partial charge in [0.1, 0.15) is 9.52 Å². The highest BCUT2D eigenvalue weighted by Crippen LogP contribution is 2.68. The summed E-state index contributed by atoms with van der Waals surface area (Å²) >= 11 is 0. The fraction of sp³-hybridized carbons (Fsp3) is 0.867. The minimum absolute atomic E-state index is 0.183. The van der Waals surface area contributed by atoms with Crippen LogP contribution in [0.3, 0.4) is 0 Å². The molecule has 0 aromatic heterocycles. The topological polar surface area (TPSA) is 0 Å². The Morgan fingerprint density at radius 3 is 2.50 bits per heavy atom. The molecule has 3 aliphatic rings. The highest BCUT2D eigenvalue weighted by molar-refractivity contribution is 6.48. The standard InChI is InChI=1S/C15H26Si/c1-6-9-16-11(2)15(5)8-7-12-10-13(15)14(12,3)4/h11-13H,7-8,10,16H2,1-5H3. The fourth-order valence-corrected chi connectivity index (χ4v) is 5.83. The van der Waals surface area contributed by atoms with Crippen molar-refractivity contribution in [3.05, 3.63) is 0 Å². The number of hydrogen-bond donors (Lipinski definition) is 0. The predicted molar refractivity (Wildman–Crippen MR) is 74.1 cm³/mol. The fourth-order valence-electron chi connectivity index (χ4n) is 4.36. The zero-order valence-electron chi connectivity index (χ0n) is 11.6. The highest BCUT2D eigenvalue weighted by Gasteiger charge is 2.60. The summed E-state index contributed by atoms with van der Waals surface area (Å²) in [5.41, 5.74) is 5.54. The maximum Gasteiger partial charge on any atom is 0.110 e. The van der Waals surface area contributed by atoms with Gasteiger partial charge in [-0.3, -0.25) is 0 Å². The Balaban J connectivity index is 2.14. The third kappa shape index (κ3) is 1.58. The van der Waals surface area contributed by atoms with E-state index in [1.165, 1.54) is 19.3 Å². The summed E-state index contributed by atoms with van der Waals surface area (Å²) in [6.07, 6.45) is 4.44. The molecule has 0 aliphatic heterocycles. The lowest BCUT2D eigenvalue weighted by Crippen LogP contribution is -2.58. The van der Waals surface area contributed by atoms with Crippen molar-refractivity contribution in [1.82, 2.24) is 0 Å². The molecule has 1 heteroatoms. The van der Waals surface area contributed by atoms with E-state index < -0.39 is 0 Å².